The molecule has 0 spiro atoms. The van der Waals surface area contributed by atoms with E-state index in [4.69, 9.17) is 0 Å². The number of anilines is 1. The van der Waals surface area contributed by atoms with Gasteiger partial charge in [0, 0.05) is 38.3 Å². The third-order valence-electron chi connectivity index (χ3n) is 5.47. The molecule has 170 valence electrons. The molecule has 0 aromatic heterocycles. The Morgan fingerprint density at radius 3 is 2.48 bits per heavy atom. The van der Waals surface area contributed by atoms with E-state index in [0.29, 0.717) is 38.3 Å². The lowest BCUT2D eigenvalue weighted by Crippen LogP contribution is -2.52. The zero-order valence-electron chi connectivity index (χ0n) is 17.4. The van der Waals surface area contributed by atoms with E-state index in [0.717, 1.165) is 0 Å². The normalized spacial score (nSPS) is 20.6. The van der Waals surface area contributed by atoms with Crippen LogP contribution in [-0.2, 0) is 19.4 Å². The first kappa shape index (κ1) is 22.9. The summed E-state index contributed by atoms with van der Waals surface area (Å²) < 4.78 is 23.0. The summed E-state index contributed by atoms with van der Waals surface area (Å²) in [5.74, 6) is -0.380. The molecule has 2 heterocycles. The van der Waals surface area contributed by atoms with Gasteiger partial charge in [-0.3, -0.25) is 24.6 Å². The number of hydrogen-bond donors (Lipinski definition) is 1. The van der Waals surface area contributed by atoms with Gasteiger partial charge < -0.3 is 15.1 Å². The Hall–Kier alpha value is -2.73. The summed E-state index contributed by atoms with van der Waals surface area (Å²) in [6.45, 7) is 1.89. The fourth-order valence-electron chi connectivity index (χ4n) is 3.90. The third-order valence-corrected chi connectivity index (χ3v) is 7.24. The quantitative estimate of drug-likeness (QED) is 0.431. The Balaban J connectivity index is 1.44. The number of nitrogens with zero attached hydrogens (tertiary/aromatic N) is 4. The van der Waals surface area contributed by atoms with Crippen molar-refractivity contribution in [2.75, 3.05) is 62.7 Å². The van der Waals surface area contributed by atoms with E-state index in [1.54, 1.807) is 35.0 Å². The van der Waals surface area contributed by atoms with Crippen LogP contribution in [0.4, 0.5) is 11.4 Å². The van der Waals surface area contributed by atoms with E-state index in [-0.39, 0.29) is 48.1 Å². The molecule has 12 heteroatoms. The molecule has 2 aliphatic rings. The summed E-state index contributed by atoms with van der Waals surface area (Å²) in [4.78, 5) is 40.7. The van der Waals surface area contributed by atoms with Gasteiger partial charge in [-0.2, -0.15) is 0 Å². The first-order valence-electron chi connectivity index (χ1n) is 10.1. The summed E-state index contributed by atoms with van der Waals surface area (Å²) in [6.07, 6.45) is 0.417. The minimum absolute atomic E-state index is 0.00153. The summed E-state index contributed by atoms with van der Waals surface area (Å²) in [6, 6.07) is 6.18. The number of rotatable bonds is 7. The van der Waals surface area contributed by atoms with Gasteiger partial charge in [-0.1, -0.05) is 12.1 Å². The van der Waals surface area contributed by atoms with Crippen molar-refractivity contribution in [1.29, 1.82) is 0 Å². The molecule has 2 amide bonds. The lowest BCUT2D eigenvalue weighted by molar-refractivity contribution is -0.384. The molecule has 3 rings (SSSR count). The number of amides is 2. The van der Waals surface area contributed by atoms with Crippen LogP contribution in [0.2, 0.25) is 0 Å². The van der Waals surface area contributed by atoms with Gasteiger partial charge in [0.1, 0.15) is 5.69 Å². The van der Waals surface area contributed by atoms with Crippen molar-refractivity contribution in [3.63, 3.8) is 0 Å². The van der Waals surface area contributed by atoms with Crippen LogP contribution in [0.3, 0.4) is 0 Å². The average Bonchev–Trinajstić information content (AvgIpc) is 3.05. The standard InChI is InChI=1S/C19H27N5O6S/c1-21(12-18(25)20-15-6-11-31(29,30)14-15)13-19(26)23-9-7-22(8-10-23)16-4-2-3-5-17(16)24(27)28/h2-5,15H,6-14H2,1H3,(H,20,25). The van der Waals surface area contributed by atoms with Crippen LogP contribution in [0.25, 0.3) is 0 Å². The van der Waals surface area contributed by atoms with Gasteiger partial charge in [0.05, 0.1) is 29.5 Å². The molecule has 0 saturated carbocycles. The van der Waals surface area contributed by atoms with Crippen molar-refractivity contribution in [2.24, 2.45) is 0 Å². The largest absolute Gasteiger partial charge is 0.362 e. The summed E-state index contributed by atoms with van der Waals surface area (Å²) in [7, 11) is -1.41. The highest BCUT2D eigenvalue weighted by molar-refractivity contribution is 7.91. The van der Waals surface area contributed by atoms with Crippen LogP contribution < -0.4 is 10.2 Å². The molecule has 0 aliphatic carbocycles. The van der Waals surface area contributed by atoms with Crippen molar-refractivity contribution in [3.8, 4) is 0 Å². The van der Waals surface area contributed by atoms with Gasteiger partial charge in [-0.15, -0.1) is 0 Å². The second-order valence-corrected chi connectivity index (χ2v) is 10.2. The maximum atomic E-state index is 12.6. The Morgan fingerprint density at radius 1 is 1.19 bits per heavy atom. The average molecular weight is 454 g/mol. The molecule has 11 nitrogen and oxygen atoms in total. The molecular weight excluding hydrogens is 426 g/mol. The minimum Gasteiger partial charge on any atom is -0.362 e. The van der Waals surface area contributed by atoms with Crippen molar-refractivity contribution in [3.05, 3.63) is 34.4 Å². The summed E-state index contributed by atoms with van der Waals surface area (Å²) in [5.41, 5.74) is 0.588. The maximum absolute atomic E-state index is 12.6. The molecule has 1 aromatic rings. The molecule has 1 aromatic carbocycles. The van der Waals surface area contributed by atoms with Crippen LogP contribution in [0.1, 0.15) is 6.42 Å². The van der Waals surface area contributed by atoms with E-state index in [1.807, 2.05) is 4.90 Å². The highest BCUT2D eigenvalue weighted by Gasteiger charge is 2.29. The van der Waals surface area contributed by atoms with E-state index in [2.05, 4.69) is 5.32 Å². The molecule has 2 fully saturated rings. The Labute approximate surface area is 181 Å². The number of nitro benzene ring substituents is 1. The Kier molecular flexibility index (Phi) is 7.11. The first-order chi connectivity index (χ1) is 14.6. The van der Waals surface area contributed by atoms with Crippen LogP contribution in [0.15, 0.2) is 24.3 Å². The predicted molar refractivity (Wildman–Crippen MR) is 115 cm³/mol. The van der Waals surface area contributed by atoms with E-state index in [9.17, 15) is 28.1 Å². The fraction of sp³-hybridized carbons (Fsp3) is 0.579. The summed E-state index contributed by atoms with van der Waals surface area (Å²) >= 11 is 0. The predicted octanol–water partition coefficient (Wildman–Crippen LogP) is -0.521. The smallest absolute Gasteiger partial charge is 0.292 e. The number of hydrogen-bond acceptors (Lipinski definition) is 8. The first-order valence-corrected chi connectivity index (χ1v) is 11.9. The number of carbonyl (C=O) groups is 2. The lowest BCUT2D eigenvalue weighted by Gasteiger charge is -2.36. The zero-order valence-corrected chi connectivity index (χ0v) is 18.2. The molecule has 2 saturated heterocycles. The number of para-hydroxylation sites is 2. The number of nitrogens with one attached hydrogen (secondary N) is 1. The van der Waals surface area contributed by atoms with Gasteiger partial charge in [0.2, 0.25) is 11.8 Å². The number of piperazine rings is 1. The van der Waals surface area contributed by atoms with Crippen LogP contribution in [-0.4, -0.2) is 98.8 Å². The minimum atomic E-state index is -3.07. The topological polar surface area (TPSA) is 133 Å². The number of nitro groups is 1. The zero-order chi connectivity index (χ0) is 22.6. The van der Waals surface area contributed by atoms with E-state index >= 15 is 0 Å². The van der Waals surface area contributed by atoms with Crippen LogP contribution in [0.5, 0.6) is 0 Å². The van der Waals surface area contributed by atoms with Crippen LogP contribution in [0, 0.1) is 10.1 Å². The van der Waals surface area contributed by atoms with Gasteiger partial charge in [0.25, 0.3) is 5.69 Å². The second-order valence-electron chi connectivity index (χ2n) is 7.95. The highest BCUT2D eigenvalue weighted by atomic mass is 32.2. The van der Waals surface area contributed by atoms with Gasteiger partial charge >= 0.3 is 0 Å². The van der Waals surface area contributed by atoms with Crippen molar-refractivity contribution >= 4 is 33.0 Å². The Morgan fingerprint density at radius 2 is 1.87 bits per heavy atom. The molecule has 1 unspecified atom stereocenters. The van der Waals surface area contributed by atoms with E-state index in [1.165, 1.54) is 6.07 Å². The molecular formula is C19H27N5O6S. The summed E-state index contributed by atoms with van der Waals surface area (Å²) in [5, 5.41) is 13.9. The van der Waals surface area contributed by atoms with Crippen molar-refractivity contribution in [2.45, 2.75) is 12.5 Å². The molecule has 0 bridgehead atoms. The van der Waals surface area contributed by atoms with E-state index < -0.39 is 14.8 Å². The van der Waals surface area contributed by atoms with Crippen molar-refractivity contribution in [1.82, 2.24) is 15.1 Å². The molecule has 0 radical (unpaired) electrons. The number of carbonyl (C=O) groups excluding carboxylic acids is 2. The van der Waals surface area contributed by atoms with Gasteiger partial charge in [-0.25, -0.2) is 8.42 Å². The number of likely N-dealkylation sites (N-methyl/N-ethyl adjacent to an activating group) is 1. The monoisotopic (exact) mass is 453 g/mol. The second kappa shape index (κ2) is 9.60. The maximum Gasteiger partial charge on any atom is 0.292 e. The molecule has 2 aliphatic heterocycles. The van der Waals surface area contributed by atoms with Crippen molar-refractivity contribution < 1.29 is 22.9 Å². The number of benzene rings is 1. The van der Waals surface area contributed by atoms with Gasteiger partial charge in [-0.05, 0) is 19.5 Å². The molecule has 1 atom stereocenters. The van der Waals surface area contributed by atoms with Gasteiger partial charge in [0.15, 0.2) is 9.84 Å². The highest BCUT2D eigenvalue weighted by Crippen LogP contribution is 2.28. The molecule has 31 heavy (non-hydrogen) atoms. The lowest BCUT2D eigenvalue weighted by atomic mass is 10.2. The Bertz CT molecular complexity index is 945. The van der Waals surface area contributed by atoms with Crippen LogP contribution >= 0.6 is 0 Å². The number of sulfone groups is 1. The fourth-order valence-corrected chi connectivity index (χ4v) is 5.57. The molecule has 1 N–H and O–H groups in total. The third kappa shape index (κ3) is 6.14. The SMILES string of the molecule is CN(CC(=O)NC1CCS(=O)(=O)C1)CC(=O)N1CCN(c2ccccc2[N+](=O)[O-])CC1.